The first-order chi connectivity index (χ1) is 14.9. The Morgan fingerprint density at radius 3 is 2.58 bits per heavy atom. The van der Waals surface area contributed by atoms with Crippen molar-refractivity contribution in [2.75, 3.05) is 11.9 Å². The van der Waals surface area contributed by atoms with Crippen LogP contribution < -0.4 is 5.32 Å². The summed E-state index contributed by atoms with van der Waals surface area (Å²) >= 11 is 0. The third-order valence-corrected chi connectivity index (χ3v) is 7.41. The zero-order valence-electron chi connectivity index (χ0n) is 18.1. The van der Waals surface area contributed by atoms with Crippen molar-refractivity contribution < 1.29 is 8.42 Å². The van der Waals surface area contributed by atoms with Gasteiger partial charge < -0.3 is 5.32 Å². The summed E-state index contributed by atoms with van der Waals surface area (Å²) in [5, 5.41) is 7.60. The molecule has 1 N–H and O–H groups in total. The van der Waals surface area contributed by atoms with Crippen molar-refractivity contribution in [3.05, 3.63) is 59.7 Å². The van der Waals surface area contributed by atoms with Gasteiger partial charge in [-0.2, -0.15) is 9.40 Å². The molecular weight excluding hydrogens is 412 g/mol. The van der Waals surface area contributed by atoms with E-state index in [1.165, 1.54) is 0 Å². The number of anilines is 2. The van der Waals surface area contributed by atoms with Gasteiger partial charge >= 0.3 is 0 Å². The summed E-state index contributed by atoms with van der Waals surface area (Å²) in [7, 11) is -3.66. The summed E-state index contributed by atoms with van der Waals surface area (Å²) in [4.78, 5) is 9.45. The van der Waals surface area contributed by atoms with Gasteiger partial charge in [-0.15, -0.1) is 0 Å². The monoisotopic (exact) mass is 440 g/mol. The number of nitrogens with one attached hydrogen (secondary N) is 1. The molecule has 0 aromatic carbocycles. The number of hydrogen-bond donors (Lipinski definition) is 1. The molecule has 1 atom stereocenters. The summed E-state index contributed by atoms with van der Waals surface area (Å²) < 4.78 is 30.3. The number of rotatable bonds is 7. The van der Waals surface area contributed by atoms with Gasteiger partial charge in [0.1, 0.15) is 16.5 Å². The van der Waals surface area contributed by atoms with Crippen LogP contribution in [-0.4, -0.2) is 39.0 Å². The van der Waals surface area contributed by atoms with E-state index in [4.69, 9.17) is 4.98 Å². The van der Waals surface area contributed by atoms with Crippen molar-refractivity contribution in [1.82, 2.24) is 24.1 Å². The minimum absolute atomic E-state index is 0.283. The average molecular weight is 441 g/mol. The number of nitrogens with zero attached hydrogens (tertiary/aromatic N) is 5. The Labute approximate surface area is 183 Å². The second kappa shape index (κ2) is 8.76. The van der Waals surface area contributed by atoms with E-state index < -0.39 is 10.0 Å². The van der Waals surface area contributed by atoms with Gasteiger partial charge in [0.05, 0.1) is 17.4 Å². The van der Waals surface area contributed by atoms with Crippen LogP contribution in [0.25, 0.3) is 0 Å². The van der Waals surface area contributed by atoms with Crippen molar-refractivity contribution in [2.45, 2.75) is 57.5 Å². The number of hydrogen-bond acceptors (Lipinski definition) is 6. The number of sulfonamides is 1. The molecule has 9 heteroatoms. The Morgan fingerprint density at radius 1 is 1.10 bits per heavy atom. The SMILES string of the molecule is CCCn1cc(S(=O)(=O)N2CCCC2c2cccc(Nc3cccc(C)n3)n2)c(C)n1. The summed E-state index contributed by atoms with van der Waals surface area (Å²) in [6.07, 6.45) is 4.08. The van der Waals surface area contributed by atoms with E-state index in [0.717, 1.165) is 30.7 Å². The first kappa shape index (κ1) is 21.5. The van der Waals surface area contributed by atoms with Crippen LogP contribution in [0, 0.1) is 13.8 Å². The van der Waals surface area contributed by atoms with Crippen molar-refractivity contribution in [3.8, 4) is 0 Å². The van der Waals surface area contributed by atoms with Crippen molar-refractivity contribution in [2.24, 2.45) is 0 Å². The molecule has 0 saturated carbocycles. The van der Waals surface area contributed by atoms with Crippen LogP contribution in [0.15, 0.2) is 47.5 Å². The minimum Gasteiger partial charge on any atom is -0.325 e. The molecule has 8 nitrogen and oxygen atoms in total. The van der Waals surface area contributed by atoms with Gasteiger partial charge in [0.15, 0.2) is 0 Å². The molecule has 1 aliphatic heterocycles. The normalized spacial score (nSPS) is 17.2. The molecule has 3 aromatic rings. The summed E-state index contributed by atoms with van der Waals surface area (Å²) in [5.74, 6) is 1.35. The summed E-state index contributed by atoms with van der Waals surface area (Å²) in [6, 6.07) is 11.1. The first-order valence-electron chi connectivity index (χ1n) is 10.6. The predicted octanol–water partition coefficient (Wildman–Crippen LogP) is 3.97. The highest BCUT2D eigenvalue weighted by molar-refractivity contribution is 7.89. The Bertz CT molecular complexity index is 1170. The maximum Gasteiger partial charge on any atom is 0.247 e. The van der Waals surface area contributed by atoms with Gasteiger partial charge in [0.25, 0.3) is 0 Å². The van der Waals surface area contributed by atoms with Crippen LogP contribution in [0.1, 0.15) is 49.3 Å². The summed E-state index contributed by atoms with van der Waals surface area (Å²) in [6.45, 7) is 6.90. The quantitative estimate of drug-likeness (QED) is 0.598. The molecule has 0 bridgehead atoms. The maximum absolute atomic E-state index is 13.5. The molecule has 0 amide bonds. The zero-order valence-corrected chi connectivity index (χ0v) is 18.9. The van der Waals surface area contributed by atoms with Gasteiger partial charge in [-0.1, -0.05) is 19.1 Å². The van der Waals surface area contributed by atoms with E-state index in [1.807, 2.05) is 50.2 Å². The Morgan fingerprint density at radius 2 is 1.84 bits per heavy atom. The van der Waals surface area contributed by atoms with Crippen molar-refractivity contribution in [3.63, 3.8) is 0 Å². The molecule has 1 saturated heterocycles. The molecule has 3 aromatic heterocycles. The molecule has 164 valence electrons. The smallest absolute Gasteiger partial charge is 0.247 e. The fraction of sp³-hybridized carbons (Fsp3) is 0.409. The van der Waals surface area contributed by atoms with Crippen molar-refractivity contribution >= 4 is 21.7 Å². The highest BCUT2D eigenvalue weighted by Gasteiger charge is 2.38. The zero-order chi connectivity index (χ0) is 22.0. The number of aromatic nitrogens is 4. The van der Waals surface area contributed by atoms with Crippen LogP contribution in [-0.2, 0) is 16.6 Å². The average Bonchev–Trinajstić information content (AvgIpc) is 3.36. The van der Waals surface area contributed by atoms with Gasteiger partial charge in [-0.3, -0.25) is 4.68 Å². The van der Waals surface area contributed by atoms with Crippen LogP contribution in [0.3, 0.4) is 0 Å². The fourth-order valence-electron chi connectivity index (χ4n) is 4.00. The van der Waals surface area contributed by atoms with E-state index in [-0.39, 0.29) is 10.9 Å². The Balaban J connectivity index is 1.61. The van der Waals surface area contributed by atoms with Crippen LogP contribution in [0.2, 0.25) is 0 Å². The molecule has 31 heavy (non-hydrogen) atoms. The molecule has 4 rings (SSSR count). The fourth-order valence-corrected chi connectivity index (χ4v) is 5.84. The van der Waals surface area contributed by atoms with Gasteiger partial charge in [0, 0.05) is 25.0 Å². The number of aryl methyl sites for hydroxylation is 3. The van der Waals surface area contributed by atoms with E-state index in [0.29, 0.717) is 30.4 Å². The lowest BCUT2D eigenvalue weighted by Crippen LogP contribution is -2.31. The molecule has 1 aliphatic rings. The maximum atomic E-state index is 13.5. The predicted molar refractivity (Wildman–Crippen MR) is 120 cm³/mol. The lowest BCUT2D eigenvalue weighted by molar-refractivity contribution is 0.390. The highest BCUT2D eigenvalue weighted by Crippen LogP contribution is 2.36. The van der Waals surface area contributed by atoms with Crippen molar-refractivity contribution in [1.29, 1.82) is 0 Å². The molecule has 1 fully saturated rings. The van der Waals surface area contributed by atoms with E-state index in [9.17, 15) is 8.42 Å². The Hall–Kier alpha value is -2.78. The van der Waals surface area contributed by atoms with Crippen LogP contribution in [0.4, 0.5) is 11.6 Å². The standard InChI is InChI=1S/C22H28N6O2S/c1-4-13-27-15-20(17(3)26-27)31(29,30)28-14-7-10-19(28)18-9-6-12-22(24-18)25-21-11-5-8-16(2)23-21/h5-6,8-9,11-12,15,19H,4,7,10,13-14H2,1-3H3,(H,23,24,25). The van der Waals surface area contributed by atoms with Crippen LogP contribution >= 0.6 is 0 Å². The molecule has 0 radical (unpaired) electrons. The third-order valence-electron chi connectivity index (χ3n) is 5.40. The largest absolute Gasteiger partial charge is 0.325 e. The Kier molecular flexibility index (Phi) is 6.06. The van der Waals surface area contributed by atoms with E-state index in [1.54, 1.807) is 22.1 Å². The molecule has 4 heterocycles. The lowest BCUT2D eigenvalue weighted by Gasteiger charge is -2.23. The first-order valence-corrected chi connectivity index (χ1v) is 12.1. The second-order valence-corrected chi connectivity index (χ2v) is 9.71. The summed E-state index contributed by atoms with van der Waals surface area (Å²) in [5.41, 5.74) is 2.18. The topological polar surface area (TPSA) is 93.0 Å². The number of pyridine rings is 2. The van der Waals surface area contributed by atoms with Gasteiger partial charge in [-0.05, 0) is 57.4 Å². The van der Waals surface area contributed by atoms with Gasteiger partial charge in [-0.25, -0.2) is 18.4 Å². The second-order valence-electron chi connectivity index (χ2n) is 7.85. The molecule has 1 unspecified atom stereocenters. The highest BCUT2D eigenvalue weighted by atomic mass is 32.2. The van der Waals surface area contributed by atoms with E-state index in [2.05, 4.69) is 15.4 Å². The minimum atomic E-state index is -3.66. The lowest BCUT2D eigenvalue weighted by atomic mass is 10.1. The third kappa shape index (κ3) is 4.47. The molecule has 0 aliphatic carbocycles. The van der Waals surface area contributed by atoms with Crippen LogP contribution in [0.5, 0.6) is 0 Å². The van der Waals surface area contributed by atoms with E-state index >= 15 is 0 Å². The van der Waals surface area contributed by atoms with Gasteiger partial charge in [0.2, 0.25) is 10.0 Å². The molecule has 0 spiro atoms. The molecular formula is C22H28N6O2S.